The van der Waals surface area contributed by atoms with Crippen LogP contribution < -0.4 is 10.2 Å². The molecule has 146 valence electrons. The smallest absolute Gasteiger partial charge is 0.308 e. The summed E-state index contributed by atoms with van der Waals surface area (Å²) < 4.78 is 0. The molecule has 2 aromatic rings. The number of likely N-dealkylation sites (tertiary alicyclic amines) is 1. The van der Waals surface area contributed by atoms with Crippen LogP contribution in [0.3, 0.4) is 0 Å². The molecule has 2 amide bonds. The van der Waals surface area contributed by atoms with Crippen molar-refractivity contribution < 1.29 is 4.79 Å². The van der Waals surface area contributed by atoms with Crippen LogP contribution in [0.15, 0.2) is 42.5 Å². The van der Waals surface area contributed by atoms with Crippen molar-refractivity contribution in [2.75, 3.05) is 29.9 Å². The van der Waals surface area contributed by atoms with Crippen molar-refractivity contribution in [2.45, 2.75) is 51.0 Å². The maximum Gasteiger partial charge on any atom is 0.326 e. The quantitative estimate of drug-likeness (QED) is 0.814. The topological polar surface area (TPSA) is 35.6 Å². The van der Waals surface area contributed by atoms with Crippen molar-refractivity contribution in [3.05, 3.63) is 59.2 Å². The van der Waals surface area contributed by atoms with E-state index in [9.17, 15) is 4.79 Å². The van der Waals surface area contributed by atoms with E-state index in [0.717, 1.165) is 55.5 Å². The molecule has 2 fully saturated rings. The second-order valence-corrected chi connectivity index (χ2v) is 8.95. The number of fused-ring (bicyclic) bond motifs is 2. The summed E-state index contributed by atoms with van der Waals surface area (Å²) in [6, 6.07) is 15.4. The first-order valence-corrected chi connectivity index (χ1v) is 10.5. The number of urea groups is 1. The minimum Gasteiger partial charge on any atom is -0.308 e. The van der Waals surface area contributed by atoms with Crippen LogP contribution in [0.5, 0.6) is 0 Å². The van der Waals surface area contributed by atoms with E-state index in [1.54, 1.807) is 0 Å². The van der Waals surface area contributed by atoms with Gasteiger partial charge in [-0.3, -0.25) is 4.90 Å². The zero-order chi connectivity index (χ0) is 19.3. The van der Waals surface area contributed by atoms with Crippen LogP contribution in [0.25, 0.3) is 0 Å². The fourth-order valence-electron chi connectivity index (χ4n) is 5.06. The number of benzene rings is 2. The summed E-state index contributed by atoms with van der Waals surface area (Å²) >= 11 is 0. The molecule has 4 nitrogen and oxygen atoms in total. The SMILES string of the molecule is Cc1cccc(NC(=O)N2CC3(CCN(C4CC4)CC3)c3cc(C)ccc32)c1. The molecule has 2 heterocycles. The number of hydrogen-bond acceptors (Lipinski definition) is 2. The minimum absolute atomic E-state index is 0.0165. The Morgan fingerprint density at radius 2 is 1.79 bits per heavy atom. The van der Waals surface area contributed by atoms with E-state index in [0.29, 0.717) is 0 Å². The van der Waals surface area contributed by atoms with Crippen molar-refractivity contribution in [3.8, 4) is 0 Å². The third-order valence-corrected chi connectivity index (χ3v) is 6.81. The predicted octanol–water partition coefficient (Wildman–Crippen LogP) is 4.85. The lowest BCUT2D eigenvalue weighted by molar-refractivity contribution is 0.159. The summed E-state index contributed by atoms with van der Waals surface area (Å²) in [4.78, 5) is 17.8. The number of aryl methyl sites for hydroxylation is 2. The van der Waals surface area contributed by atoms with Gasteiger partial charge in [-0.1, -0.05) is 29.8 Å². The fourth-order valence-corrected chi connectivity index (χ4v) is 5.06. The van der Waals surface area contributed by atoms with E-state index in [1.807, 2.05) is 36.1 Å². The van der Waals surface area contributed by atoms with Crippen LogP contribution in [-0.2, 0) is 5.41 Å². The van der Waals surface area contributed by atoms with Crippen molar-refractivity contribution in [3.63, 3.8) is 0 Å². The predicted molar refractivity (Wildman–Crippen MR) is 114 cm³/mol. The summed E-state index contributed by atoms with van der Waals surface area (Å²) in [6.45, 7) is 7.31. The van der Waals surface area contributed by atoms with Crippen molar-refractivity contribution >= 4 is 17.4 Å². The summed E-state index contributed by atoms with van der Waals surface area (Å²) in [5.74, 6) is 0. The van der Waals surface area contributed by atoms with E-state index in [1.165, 1.54) is 24.0 Å². The lowest BCUT2D eigenvalue weighted by atomic mass is 9.74. The molecular formula is C24H29N3O. The van der Waals surface area contributed by atoms with E-state index < -0.39 is 0 Å². The standard InChI is InChI=1S/C24H29N3O/c1-17-4-3-5-19(14-17)25-23(28)27-16-24(21-15-18(2)6-9-22(21)27)10-12-26(13-11-24)20-7-8-20/h3-6,9,14-15,20H,7-8,10-13,16H2,1-2H3,(H,25,28). The van der Waals surface area contributed by atoms with Gasteiger partial charge in [0.25, 0.3) is 0 Å². The zero-order valence-corrected chi connectivity index (χ0v) is 16.9. The number of anilines is 2. The number of hydrogen-bond donors (Lipinski definition) is 1. The molecule has 3 aliphatic rings. The Labute approximate surface area is 167 Å². The molecule has 28 heavy (non-hydrogen) atoms. The molecule has 1 aliphatic carbocycles. The van der Waals surface area contributed by atoms with Gasteiger partial charge in [-0.25, -0.2) is 4.79 Å². The number of rotatable bonds is 2. The molecule has 5 rings (SSSR count). The van der Waals surface area contributed by atoms with E-state index in [4.69, 9.17) is 0 Å². The molecule has 2 aliphatic heterocycles. The lowest BCUT2D eigenvalue weighted by Crippen LogP contribution is -2.47. The average Bonchev–Trinajstić information content (AvgIpc) is 3.48. The Morgan fingerprint density at radius 1 is 1.04 bits per heavy atom. The second-order valence-electron chi connectivity index (χ2n) is 8.95. The van der Waals surface area contributed by atoms with Gasteiger partial charge in [0.1, 0.15) is 0 Å². The number of carbonyl (C=O) groups excluding carboxylic acids is 1. The third kappa shape index (κ3) is 3.10. The minimum atomic E-state index is -0.0165. The van der Waals surface area contributed by atoms with Crippen LogP contribution in [0.4, 0.5) is 16.2 Å². The summed E-state index contributed by atoms with van der Waals surface area (Å²) in [7, 11) is 0. The van der Waals surface area contributed by atoms with Crippen molar-refractivity contribution in [1.29, 1.82) is 0 Å². The molecule has 1 N–H and O–H groups in total. The number of nitrogens with one attached hydrogen (secondary N) is 1. The van der Waals surface area contributed by atoms with Crippen LogP contribution in [-0.4, -0.2) is 36.6 Å². The third-order valence-electron chi connectivity index (χ3n) is 6.81. The molecule has 4 heteroatoms. The highest BCUT2D eigenvalue weighted by Gasteiger charge is 2.47. The Bertz CT molecular complexity index is 910. The van der Waals surface area contributed by atoms with Gasteiger partial charge in [0.15, 0.2) is 0 Å². The molecule has 0 unspecified atom stereocenters. The first-order valence-electron chi connectivity index (χ1n) is 10.5. The lowest BCUT2D eigenvalue weighted by Gasteiger charge is -2.40. The number of piperidine rings is 1. The van der Waals surface area contributed by atoms with Gasteiger partial charge in [-0.15, -0.1) is 0 Å². The summed E-state index contributed by atoms with van der Waals surface area (Å²) in [5, 5.41) is 3.12. The molecular weight excluding hydrogens is 346 g/mol. The number of nitrogens with zero attached hydrogens (tertiary/aromatic N) is 2. The maximum atomic E-state index is 13.2. The number of carbonyl (C=O) groups is 1. The highest BCUT2D eigenvalue weighted by atomic mass is 16.2. The molecule has 2 aromatic carbocycles. The van der Waals surface area contributed by atoms with E-state index in [2.05, 4.69) is 35.3 Å². The van der Waals surface area contributed by atoms with Gasteiger partial charge in [0, 0.05) is 29.4 Å². The number of amides is 2. The Kier molecular flexibility index (Phi) is 4.20. The highest BCUT2D eigenvalue weighted by Crippen LogP contribution is 2.48. The van der Waals surface area contributed by atoms with Crippen LogP contribution in [0.2, 0.25) is 0 Å². The maximum absolute atomic E-state index is 13.2. The molecule has 0 radical (unpaired) electrons. The first-order chi connectivity index (χ1) is 13.5. The van der Waals surface area contributed by atoms with Gasteiger partial charge in [0.2, 0.25) is 0 Å². The average molecular weight is 376 g/mol. The Balaban J connectivity index is 1.41. The van der Waals surface area contributed by atoms with Crippen LogP contribution >= 0.6 is 0 Å². The molecule has 0 bridgehead atoms. The Hall–Kier alpha value is -2.33. The highest BCUT2D eigenvalue weighted by molar-refractivity contribution is 6.03. The molecule has 0 aromatic heterocycles. The van der Waals surface area contributed by atoms with Gasteiger partial charge in [0.05, 0.1) is 0 Å². The monoisotopic (exact) mass is 375 g/mol. The summed E-state index contributed by atoms with van der Waals surface area (Å²) in [6.07, 6.45) is 5.03. The van der Waals surface area contributed by atoms with Crippen molar-refractivity contribution in [1.82, 2.24) is 4.90 Å². The zero-order valence-electron chi connectivity index (χ0n) is 16.9. The van der Waals surface area contributed by atoms with Gasteiger partial charge in [-0.05, 0) is 81.9 Å². The normalized spacial score (nSPS) is 21.0. The molecule has 1 saturated heterocycles. The largest absolute Gasteiger partial charge is 0.326 e. The molecule has 0 atom stereocenters. The van der Waals surface area contributed by atoms with Gasteiger partial charge >= 0.3 is 6.03 Å². The van der Waals surface area contributed by atoms with Crippen LogP contribution in [0, 0.1) is 13.8 Å². The second kappa shape index (κ2) is 6.63. The van der Waals surface area contributed by atoms with Gasteiger partial charge in [-0.2, -0.15) is 0 Å². The van der Waals surface area contributed by atoms with E-state index in [-0.39, 0.29) is 11.4 Å². The molecule has 1 spiro atoms. The fraction of sp³-hybridized carbons (Fsp3) is 0.458. The van der Waals surface area contributed by atoms with Crippen LogP contribution in [0.1, 0.15) is 42.4 Å². The summed E-state index contributed by atoms with van der Waals surface area (Å²) in [5.41, 5.74) is 5.88. The van der Waals surface area contributed by atoms with Gasteiger partial charge < -0.3 is 10.2 Å². The Morgan fingerprint density at radius 3 is 2.50 bits per heavy atom. The van der Waals surface area contributed by atoms with E-state index >= 15 is 0 Å². The molecule has 1 saturated carbocycles. The first kappa shape index (κ1) is 17.7. The van der Waals surface area contributed by atoms with Crippen molar-refractivity contribution in [2.24, 2.45) is 0 Å².